The van der Waals surface area contributed by atoms with Gasteiger partial charge in [-0.25, -0.2) is 0 Å². The van der Waals surface area contributed by atoms with Gasteiger partial charge in [0.2, 0.25) is 0 Å². The number of aromatic nitrogens is 1. The molecule has 0 spiro atoms. The van der Waals surface area contributed by atoms with Crippen molar-refractivity contribution in [2.75, 3.05) is 7.11 Å². The van der Waals surface area contributed by atoms with Gasteiger partial charge in [0.05, 0.1) is 19.3 Å². The molecule has 0 bridgehead atoms. The Labute approximate surface area is 105 Å². The van der Waals surface area contributed by atoms with Crippen LogP contribution in [0.4, 0.5) is 0 Å². The Balaban J connectivity index is 2.31. The smallest absolute Gasteiger partial charge is 0.184 e. The van der Waals surface area contributed by atoms with Crippen molar-refractivity contribution < 1.29 is 9.53 Å². The van der Waals surface area contributed by atoms with E-state index in [1.165, 1.54) is 7.11 Å². The number of nitrogens with two attached hydrogens (primary N) is 1. The molecule has 2 N–H and O–H groups in total. The Bertz CT molecular complexity index is 541. The molecule has 4 heteroatoms. The number of hydrogen-bond acceptors (Lipinski definition) is 4. The van der Waals surface area contributed by atoms with E-state index < -0.39 is 6.04 Å². The molecular formula is C14H14N2O2. The number of carbonyl (C=O) groups excluding carboxylic acids is 1. The number of rotatable bonds is 4. The quantitative estimate of drug-likeness (QED) is 0.832. The average Bonchev–Trinajstić information content (AvgIpc) is 2.46. The van der Waals surface area contributed by atoms with Gasteiger partial charge in [-0.15, -0.1) is 0 Å². The van der Waals surface area contributed by atoms with Crippen molar-refractivity contribution in [1.82, 2.24) is 4.98 Å². The molecule has 0 aliphatic heterocycles. The highest BCUT2D eigenvalue weighted by Gasteiger charge is 2.20. The van der Waals surface area contributed by atoms with Crippen LogP contribution in [0, 0.1) is 0 Å². The first-order chi connectivity index (χ1) is 8.74. The Morgan fingerprint density at radius 3 is 2.67 bits per heavy atom. The zero-order valence-corrected chi connectivity index (χ0v) is 10.0. The minimum atomic E-state index is -0.745. The molecule has 1 heterocycles. The minimum absolute atomic E-state index is 0.139. The van der Waals surface area contributed by atoms with Crippen LogP contribution >= 0.6 is 0 Å². The molecule has 0 saturated carbocycles. The summed E-state index contributed by atoms with van der Waals surface area (Å²) in [7, 11) is 1.53. The van der Waals surface area contributed by atoms with Crippen LogP contribution in [0.2, 0.25) is 0 Å². The molecule has 0 amide bonds. The molecular weight excluding hydrogens is 228 g/mol. The van der Waals surface area contributed by atoms with E-state index in [0.29, 0.717) is 16.9 Å². The minimum Gasteiger partial charge on any atom is -0.495 e. The average molecular weight is 242 g/mol. The third-order valence-electron chi connectivity index (χ3n) is 2.71. The molecule has 1 unspecified atom stereocenters. The first-order valence-corrected chi connectivity index (χ1v) is 5.56. The highest BCUT2D eigenvalue weighted by molar-refractivity contribution is 6.00. The number of benzene rings is 1. The molecule has 0 aliphatic carbocycles. The molecule has 2 aromatic rings. The maximum Gasteiger partial charge on any atom is 0.184 e. The monoisotopic (exact) mass is 242 g/mol. The van der Waals surface area contributed by atoms with Crippen molar-refractivity contribution >= 4 is 5.78 Å². The zero-order valence-electron chi connectivity index (χ0n) is 10.0. The lowest BCUT2D eigenvalue weighted by Gasteiger charge is -2.14. The van der Waals surface area contributed by atoms with Gasteiger partial charge in [0, 0.05) is 17.3 Å². The molecule has 0 aliphatic rings. The van der Waals surface area contributed by atoms with Gasteiger partial charge < -0.3 is 10.5 Å². The van der Waals surface area contributed by atoms with Crippen molar-refractivity contribution in [3.8, 4) is 5.75 Å². The molecule has 1 atom stereocenters. The van der Waals surface area contributed by atoms with Gasteiger partial charge in [-0.1, -0.05) is 30.3 Å². The maximum absolute atomic E-state index is 12.2. The van der Waals surface area contributed by atoms with E-state index in [1.54, 1.807) is 30.6 Å². The topological polar surface area (TPSA) is 65.2 Å². The second kappa shape index (κ2) is 5.42. The molecule has 4 nitrogen and oxygen atoms in total. The van der Waals surface area contributed by atoms with Gasteiger partial charge in [0.25, 0.3) is 0 Å². The largest absolute Gasteiger partial charge is 0.495 e. The normalized spacial score (nSPS) is 11.9. The summed E-state index contributed by atoms with van der Waals surface area (Å²) in [6, 6.07) is 9.92. The lowest BCUT2D eigenvalue weighted by atomic mass is 9.98. The number of ketones is 1. The van der Waals surface area contributed by atoms with E-state index >= 15 is 0 Å². The van der Waals surface area contributed by atoms with Gasteiger partial charge in [0.15, 0.2) is 5.78 Å². The van der Waals surface area contributed by atoms with Crippen LogP contribution in [-0.4, -0.2) is 17.9 Å². The van der Waals surface area contributed by atoms with Crippen molar-refractivity contribution in [2.24, 2.45) is 5.73 Å². The number of ether oxygens (including phenoxy) is 1. The highest BCUT2D eigenvalue weighted by atomic mass is 16.5. The highest BCUT2D eigenvalue weighted by Crippen LogP contribution is 2.24. The second-order valence-corrected chi connectivity index (χ2v) is 3.83. The summed E-state index contributed by atoms with van der Waals surface area (Å²) in [4.78, 5) is 16.2. The fraction of sp³-hybridized carbons (Fsp3) is 0.143. The number of methoxy groups -OCH3 is 1. The fourth-order valence-electron chi connectivity index (χ4n) is 1.74. The molecule has 2 rings (SSSR count). The fourth-order valence-corrected chi connectivity index (χ4v) is 1.74. The lowest BCUT2D eigenvalue weighted by molar-refractivity contribution is 0.0960. The molecule has 0 radical (unpaired) electrons. The van der Waals surface area contributed by atoms with Crippen molar-refractivity contribution in [3.05, 3.63) is 59.9 Å². The molecule has 1 aromatic heterocycles. The third-order valence-corrected chi connectivity index (χ3v) is 2.71. The summed E-state index contributed by atoms with van der Waals surface area (Å²) in [5.74, 6) is 0.384. The number of carbonyl (C=O) groups is 1. The Morgan fingerprint density at radius 1 is 1.28 bits per heavy atom. The Kier molecular flexibility index (Phi) is 3.69. The first-order valence-electron chi connectivity index (χ1n) is 5.56. The molecule has 18 heavy (non-hydrogen) atoms. The summed E-state index contributed by atoms with van der Waals surface area (Å²) in [6.45, 7) is 0. The van der Waals surface area contributed by atoms with Crippen molar-refractivity contribution in [1.29, 1.82) is 0 Å². The van der Waals surface area contributed by atoms with Crippen LogP contribution in [0.1, 0.15) is 22.0 Å². The molecule has 1 aromatic carbocycles. The van der Waals surface area contributed by atoms with E-state index in [0.717, 1.165) is 0 Å². The number of Topliss-reactive ketones (excluding diaryl/α,β-unsaturated/α-hetero) is 1. The Morgan fingerprint density at radius 2 is 2.00 bits per heavy atom. The van der Waals surface area contributed by atoms with Gasteiger partial charge in [-0.05, 0) is 6.07 Å². The van der Waals surface area contributed by atoms with Crippen LogP contribution in [-0.2, 0) is 0 Å². The van der Waals surface area contributed by atoms with E-state index in [9.17, 15) is 4.79 Å². The molecule has 92 valence electrons. The predicted molar refractivity (Wildman–Crippen MR) is 68.5 cm³/mol. The number of pyridine rings is 1. The summed E-state index contributed by atoms with van der Waals surface area (Å²) in [5.41, 5.74) is 7.22. The summed E-state index contributed by atoms with van der Waals surface area (Å²) in [6.07, 6.45) is 3.14. The van der Waals surface area contributed by atoms with Crippen LogP contribution in [0.25, 0.3) is 0 Å². The van der Waals surface area contributed by atoms with E-state index in [1.807, 2.05) is 18.2 Å². The SMILES string of the molecule is COc1cnccc1C(N)C(=O)c1ccccc1. The second-order valence-electron chi connectivity index (χ2n) is 3.83. The predicted octanol–water partition coefficient (Wildman–Crippen LogP) is 1.97. The summed E-state index contributed by atoms with van der Waals surface area (Å²) >= 11 is 0. The van der Waals surface area contributed by atoms with E-state index in [-0.39, 0.29) is 5.78 Å². The van der Waals surface area contributed by atoms with Gasteiger partial charge in [0.1, 0.15) is 5.75 Å². The van der Waals surface area contributed by atoms with Gasteiger partial charge in [-0.2, -0.15) is 0 Å². The summed E-state index contributed by atoms with van der Waals surface area (Å²) in [5, 5.41) is 0. The van der Waals surface area contributed by atoms with Crippen LogP contribution < -0.4 is 10.5 Å². The zero-order chi connectivity index (χ0) is 13.0. The summed E-state index contributed by atoms with van der Waals surface area (Å²) < 4.78 is 5.16. The van der Waals surface area contributed by atoms with Crippen LogP contribution in [0.3, 0.4) is 0 Å². The van der Waals surface area contributed by atoms with Crippen molar-refractivity contribution in [3.63, 3.8) is 0 Å². The lowest BCUT2D eigenvalue weighted by Crippen LogP contribution is -2.22. The van der Waals surface area contributed by atoms with E-state index in [2.05, 4.69) is 4.98 Å². The van der Waals surface area contributed by atoms with Gasteiger partial charge >= 0.3 is 0 Å². The maximum atomic E-state index is 12.2. The van der Waals surface area contributed by atoms with E-state index in [4.69, 9.17) is 10.5 Å². The first kappa shape index (κ1) is 12.3. The van der Waals surface area contributed by atoms with Crippen LogP contribution in [0.5, 0.6) is 5.75 Å². The number of hydrogen-bond donors (Lipinski definition) is 1. The van der Waals surface area contributed by atoms with Gasteiger partial charge in [-0.3, -0.25) is 9.78 Å². The number of nitrogens with zero attached hydrogens (tertiary/aromatic N) is 1. The Hall–Kier alpha value is -2.20. The standard InChI is InChI=1S/C14H14N2O2/c1-18-12-9-16-8-7-11(12)13(15)14(17)10-5-3-2-4-6-10/h2-9,13H,15H2,1H3. The molecule has 0 fully saturated rings. The van der Waals surface area contributed by atoms with Crippen LogP contribution in [0.15, 0.2) is 48.8 Å². The van der Waals surface area contributed by atoms with Crippen molar-refractivity contribution in [2.45, 2.75) is 6.04 Å². The molecule has 0 saturated heterocycles. The third kappa shape index (κ3) is 2.38.